The number of nitrogens with zero attached hydrogens (tertiary/aromatic N) is 3. The minimum absolute atomic E-state index is 0.122. The van der Waals surface area contributed by atoms with Crippen LogP contribution in [-0.2, 0) is 6.54 Å². The molecule has 3 aromatic rings. The van der Waals surface area contributed by atoms with E-state index in [2.05, 4.69) is 20.1 Å². The summed E-state index contributed by atoms with van der Waals surface area (Å²) in [5, 5.41) is 4.01. The van der Waals surface area contributed by atoms with E-state index in [-0.39, 0.29) is 10.6 Å². The van der Waals surface area contributed by atoms with E-state index in [4.69, 9.17) is 11.6 Å². The van der Waals surface area contributed by atoms with Crippen molar-refractivity contribution < 1.29 is 9.18 Å². The predicted molar refractivity (Wildman–Crippen MR) is 96.6 cm³/mol. The van der Waals surface area contributed by atoms with Crippen molar-refractivity contribution in [2.24, 2.45) is 5.10 Å². The molecule has 3 rings (SSSR count). The highest BCUT2D eigenvalue weighted by atomic mass is 35.5. The van der Waals surface area contributed by atoms with Crippen molar-refractivity contribution in [3.8, 4) is 0 Å². The van der Waals surface area contributed by atoms with Crippen molar-refractivity contribution in [1.82, 2.24) is 15.0 Å². The third-order valence-electron chi connectivity index (χ3n) is 3.88. The molecular weight excluding hydrogens is 343 g/mol. The third-order valence-corrected chi connectivity index (χ3v) is 4.21. The number of halogens is 2. The van der Waals surface area contributed by atoms with Crippen LogP contribution in [0.25, 0.3) is 11.0 Å². The Morgan fingerprint density at radius 2 is 2.20 bits per heavy atom. The number of fused-ring (bicyclic) bond motifs is 1. The average molecular weight is 359 g/mol. The lowest BCUT2D eigenvalue weighted by atomic mass is 10.2. The second-order valence-electron chi connectivity index (χ2n) is 5.44. The van der Waals surface area contributed by atoms with Crippen LogP contribution < -0.4 is 5.43 Å². The maximum absolute atomic E-state index is 13.6. The van der Waals surface area contributed by atoms with Crippen LogP contribution in [-0.4, -0.2) is 21.7 Å². The molecular formula is C18H16ClFN4O. The standard InChI is InChI=1S/C18H16ClFN4O/c1-3-24-11(2)22-16-9-12(7-8-17(16)24)18(25)23-21-10-13-14(19)5-4-6-15(13)20/h4-10H,3H2,1-2H3,(H,23,25)/b21-10-. The Balaban J connectivity index is 1.79. The number of hydrogen-bond donors (Lipinski definition) is 1. The molecule has 0 saturated heterocycles. The van der Waals surface area contributed by atoms with Crippen molar-refractivity contribution in [3.63, 3.8) is 0 Å². The summed E-state index contributed by atoms with van der Waals surface area (Å²) in [6, 6.07) is 9.58. The van der Waals surface area contributed by atoms with Gasteiger partial charge in [0.1, 0.15) is 11.6 Å². The highest BCUT2D eigenvalue weighted by Gasteiger charge is 2.10. The maximum atomic E-state index is 13.6. The number of hydrazone groups is 1. The van der Waals surface area contributed by atoms with Crippen molar-refractivity contribution in [1.29, 1.82) is 0 Å². The predicted octanol–water partition coefficient (Wildman–Crippen LogP) is 3.92. The lowest BCUT2D eigenvalue weighted by molar-refractivity contribution is 0.0955. The number of benzene rings is 2. The summed E-state index contributed by atoms with van der Waals surface area (Å²) < 4.78 is 15.7. The van der Waals surface area contributed by atoms with Crippen LogP contribution in [0, 0.1) is 12.7 Å². The Bertz CT molecular complexity index is 960. The van der Waals surface area contributed by atoms with Gasteiger partial charge in [0.2, 0.25) is 0 Å². The van der Waals surface area contributed by atoms with Crippen LogP contribution in [0.15, 0.2) is 41.5 Å². The quantitative estimate of drug-likeness (QED) is 0.567. The van der Waals surface area contributed by atoms with Crippen LogP contribution in [0.3, 0.4) is 0 Å². The smallest absolute Gasteiger partial charge is 0.271 e. The summed E-state index contributed by atoms with van der Waals surface area (Å²) >= 11 is 5.90. The van der Waals surface area contributed by atoms with Crippen molar-refractivity contribution in [2.75, 3.05) is 0 Å². The summed E-state index contributed by atoms with van der Waals surface area (Å²) in [6.45, 7) is 4.77. The van der Waals surface area contributed by atoms with Gasteiger partial charge < -0.3 is 4.57 Å². The first-order chi connectivity index (χ1) is 12.0. The average Bonchev–Trinajstić information content (AvgIpc) is 2.91. The van der Waals surface area contributed by atoms with Crippen molar-refractivity contribution in [2.45, 2.75) is 20.4 Å². The van der Waals surface area contributed by atoms with Crippen LogP contribution >= 0.6 is 11.6 Å². The number of imidazole rings is 1. The molecule has 5 nitrogen and oxygen atoms in total. The second-order valence-corrected chi connectivity index (χ2v) is 5.85. The van der Waals surface area contributed by atoms with Gasteiger partial charge in [0, 0.05) is 17.7 Å². The van der Waals surface area contributed by atoms with Crippen molar-refractivity contribution >= 4 is 34.8 Å². The zero-order chi connectivity index (χ0) is 18.0. The van der Waals surface area contributed by atoms with E-state index in [1.54, 1.807) is 18.2 Å². The summed E-state index contributed by atoms with van der Waals surface area (Å²) in [5.41, 5.74) is 4.63. The fourth-order valence-electron chi connectivity index (χ4n) is 2.64. The topological polar surface area (TPSA) is 59.3 Å². The van der Waals surface area contributed by atoms with Crippen LogP contribution in [0.2, 0.25) is 5.02 Å². The van der Waals surface area contributed by atoms with Crippen molar-refractivity contribution in [3.05, 3.63) is 64.2 Å². The maximum Gasteiger partial charge on any atom is 0.271 e. The van der Waals surface area contributed by atoms with Gasteiger partial charge in [0.05, 0.1) is 22.3 Å². The molecule has 0 aliphatic rings. The normalized spacial score (nSPS) is 11.4. The Kier molecular flexibility index (Phi) is 4.81. The van der Waals surface area contributed by atoms with Gasteiger partial charge in [-0.25, -0.2) is 14.8 Å². The molecule has 0 bridgehead atoms. The van der Waals surface area contributed by atoms with Gasteiger partial charge in [-0.15, -0.1) is 0 Å². The number of aromatic nitrogens is 2. The van der Waals surface area contributed by atoms with Crippen LogP contribution in [0.5, 0.6) is 0 Å². The number of rotatable bonds is 4. The molecule has 0 atom stereocenters. The van der Waals surface area contributed by atoms with Crippen LogP contribution in [0.4, 0.5) is 4.39 Å². The molecule has 1 aromatic heterocycles. The molecule has 1 N–H and O–H groups in total. The van der Waals surface area contributed by atoms with E-state index in [0.717, 1.165) is 23.4 Å². The molecule has 0 fully saturated rings. The van der Waals surface area contributed by atoms with Crippen LogP contribution in [0.1, 0.15) is 28.7 Å². The zero-order valence-corrected chi connectivity index (χ0v) is 14.5. The molecule has 25 heavy (non-hydrogen) atoms. The SMILES string of the molecule is CCn1c(C)nc2cc(C(=O)N/N=C\c3c(F)cccc3Cl)ccc21. The molecule has 0 spiro atoms. The molecule has 0 aliphatic carbocycles. The molecule has 0 saturated carbocycles. The molecule has 0 unspecified atom stereocenters. The molecule has 2 aromatic carbocycles. The second kappa shape index (κ2) is 7.03. The molecule has 128 valence electrons. The molecule has 1 heterocycles. The summed E-state index contributed by atoms with van der Waals surface area (Å²) in [5.74, 6) is -0.0240. The van der Waals surface area contributed by atoms with E-state index in [1.807, 2.05) is 19.9 Å². The van der Waals surface area contributed by atoms with E-state index in [0.29, 0.717) is 5.56 Å². The summed E-state index contributed by atoms with van der Waals surface area (Å²) in [4.78, 5) is 16.7. The van der Waals surface area contributed by atoms with E-state index >= 15 is 0 Å². The zero-order valence-electron chi connectivity index (χ0n) is 13.8. The number of hydrogen-bond acceptors (Lipinski definition) is 3. The van der Waals surface area contributed by atoms with Gasteiger partial charge in [0.15, 0.2) is 0 Å². The van der Waals surface area contributed by atoms with Gasteiger partial charge >= 0.3 is 0 Å². The lowest BCUT2D eigenvalue weighted by Crippen LogP contribution is -2.17. The first kappa shape index (κ1) is 17.1. The van der Waals surface area contributed by atoms with E-state index in [1.165, 1.54) is 18.3 Å². The minimum atomic E-state index is -0.507. The Morgan fingerprint density at radius 3 is 2.92 bits per heavy atom. The number of carbonyl (C=O) groups is 1. The molecule has 1 amide bonds. The lowest BCUT2D eigenvalue weighted by Gasteiger charge is -2.03. The molecule has 0 radical (unpaired) electrons. The molecule has 7 heteroatoms. The fourth-order valence-corrected chi connectivity index (χ4v) is 2.86. The first-order valence-electron chi connectivity index (χ1n) is 7.75. The van der Waals surface area contributed by atoms with Gasteiger partial charge in [-0.05, 0) is 44.2 Å². The van der Waals surface area contributed by atoms with Gasteiger partial charge in [-0.2, -0.15) is 5.10 Å². The fraction of sp³-hybridized carbons (Fsp3) is 0.167. The van der Waals surface area contributed by atoms with E-state index < -0.39 is 11.7 Å². The van der Waals surface area contributed by atoms with Gasteiger partial charge in [-0.1, -0.05) is 17.7 Å². The Hall–Kier alpha value is -2.73. The number of aryl methyl sites for hydroxylation is 2. The first-order valence-corrected chi connectivity index (χ1v) is 8.13. The largest absolute Gasteiger partial charge is 0.329 e. The van der Waals surface area contributed by atoms with E-state index in [9.17, 15) is 9.18 Å². The monoisotopic (exact) mass is 358 g/mol. The third kappa shape index (κ3) is 3.39. The summed E-state index contributed by atoms with van der Waals surface area (Å²) in [6.07, 6.45) is 1.18. The Morgan fingerprint density at radius 1 is 1.40 bits per heavy atom. The van der Waals surface area contributed by atoms with Gasteiger partial charge in [0.25, 0.3) is 5.91 Å². The highest BCUT2D eigenvalue weighted by molar-refractivity contribution is 6.33. The highest BCUT2D eigenvalue weighted by Crippen LogP contribution is 2.18. The number of nitrogens with one attached hydrogen (secondary N) is 1. The minimum Gasteiger partial charge on any atom is -0.329 e. The Labute approximate surface area is 149 Å². The number of carbonyl (C=O) groups excluding carboxylic acids is 1. The van der Waals surface area contributed by atoms with Gasteiger partial charge in [-0.3, -0.25) is 4.79 Å². The summed E-state index contributed by atoms with van der Waals surface area (Å²) in [7, 11) is 0. The number of amides is 1. The molecule has 0 aliphatic heterocycles.